The maximum absolute atomic E-state index is 12.3. The number of nitrogens with one attached hydrogen (secondary N) is 1. The van der Waals surface area contributed by atoms with Crippen molar-refractivity contribution >= 4 is 16.5 Å². The Morgan fingerprint density at radius 3 is 2.45 bits per heavy atom. The van der Waals surface area contributed by atoms with E-state index in [-0.39, 0.29) is 5.13 Å². The molecule has 1 aliphatic carbocycles. The van der Waals surface area contributed by atoms with Crippen molar-refractivity contribution in [2.24, 2.45) is 0 Å². The fraction of sp³-hybridized carbons (Fsp3) is 0.833. The average Bonchev–Trinajstić information content (AvgIpc) is 2.72. The standard InChI is InChI=1S/C12H18F3N3OS/c13-12(14,15)10-17-18-11(20-10)16-7-8-19-9-5-3-1-2-4-6-9/h9H,1-8H2,(H,16,18). The van der Waals surface area contributed by atoms with Crippen molar-refractivity contribution in [1.29, 1.82) is 0 Å². The molecule has 20 heavy (non-hydrogen) atoms. The van der Waals surface area contributed by atoms with Crippen molar-refractivity contribution in [2.75, 3.05) is 18.5 Å². The summed E-state index contributed by atoms with van der Waals surface area (Å²) in [5.41, 5.74) is 0. The number of rotatable bonds is 5. The van der Waals surface area contributed by atoms with E-state index in [0.29, 0.717) is 30.6 Å². The molecule has 0 spiro atoms. The maximum atomic E-state index is 12.3. The first kappa shape index (κ1) is 15.5. The number of ether oxygens (including phenoxy) is 1. The van der Waals surface area contributed by atoms with Gasteiger partial charge in [-0.05, 0) is 12.8 Å². The molecule has 1 aromatic heterocycles. The summed E-state index contributed by atoms with van der Waals surface area (Å²) in [5.74, 6) is 0. The number of anilines is 1. The molecule has 2 rings (SSSR count). The third kappa shape index (κ3) is 4.90. The van der Waals surface area contributed by atoms with Crippen molar-refractivity contribution in [3.63, 3.8) is 0 Å². The van der Waals surface area contributed by atoms with Gasteiger partial charge in [-0.3, -0.25) is 0 Å². The Labute approximate surface area is 119 Å². The molecule has 0 atom stereocenters. The molecule has 0 bridgehead atoms. The number of halogens is 3. The minimum atomic E-state index is -4.42. The fourth-order valence-corrected chi connectivity index (χ4v) is 2.84. The molecule has 0 unspecified atom stereocenters. The zero-order valence-corrected chi connectivity index (χ0v) is 11.9. The van der Waals surface area contributed by atoms with Crippen LogP contribution in [-0.4, -0.2) is 29.5 Å². The lowest BCUT2D eigenvalue weighted by molar-refractivity contribution is -0.138. The predicted molar refractivity (Wildman–Crippen MR) is 70.8 cm³/mol. The molecular formula is C12H18F3N3OS. The molecule has 0 amide bonds. The summed E-state index contributed by atoms with van der Waals surface area (Å²) in [4.78, 5) is 0. The topological polar surface area (TPSA) is 47.0 Å². The highest BCUT2D eigenvalue weighted by Gasteiger charge is 2.35. The van der Waals surface area contributed by atoms with E-state index < -0.39 is 11.2 Å². The van der Waals surface area contributed by atoms with Crippen molar-refractivity contribution in [1.82, 2.24) is 10.2 Å². The third-order valence-electron chi connectivity index (χ3n) is 3.20. The summed E-state index contributed by atoms with van der Waals surface area (Å²) < 4.78 is 42.7. The molecule has 0 saturated heterocycles. The Kier molecular flexibility index (Phi) is 5.59. The van der Waals surface area contributed by atoms with Crippen LogP contribution in [0.2, 0.25) is 0 Å². The maximum Gasteiger partial charge on any atom is 0.445 e. The monoisotopic (exact) mass is 309 g/mol. The van der Waals surface area contributed by atoms with Crippen molar-refractivity contribution in [2.45, 2.75) is 50.8 Å². The highest BCUT2D eigenvalue weighted by molar-refractivity contribution is 7.15. The normalized spacial score (nSPS) is 17.9. The predicted octanol–water partition coefficient (Wildman–Crippen LogP) is 3.71. The van der Waals surface area contributed by atoms with Crippen LogP contribution in [0.4, 0.5) is 18.3 Å². The van der Waals surface area contributed by atoms with Gasteiger partial charge in [-0.1, -0.05) is 37.0 Å². The van der Waals surface area contributed by atoms with Gasteiger partial charge in [-0.15, -0.1) is 10.2 Å². The first-order valence-electron chi connectivity index (χ1n) is 6.82. The van der Waals surface area contributed by atoms with Crippen LogP contribution < -0.4 is 5.32 Å². The van der Waals surface area contributed by atoms with E-state index in [1.807, 2.05) is 0 Å². The highest BCUT2D eigenvalue weighted by atomic mass is 32.1. The number of alkyl halides is 3. The minimum Gasteiger partial charge on any atom is -0.376 e. The van der Waals surface area contributed by atoms with Gasteiger partial charge in [-0.2, -0.15) is 13.2 Å². The first-order chi connectivity index (χ1) is 9.55. The van der Waals surface area contributed by atoms with Crippen LogP contribution in [0.3, 0.4) is 0 Å². The zero-order valence-electron chi connectivity index (χ0n) is 11.1. The quantitative estimate of drug-likeness (QED) is 0.665. The van der Waals surface area contributed by atoms with Crippen LogP contribution in [0.15, 0.2) is 0 Å². The van der Waals surface area contributed by atoms with E-state index in [1.165, 1.54) is 25.7 Å². The van der Waals surface area contributed by atoms with Gasteiger partial charge >= 0.3 is 6.18 Å². The van der Waals surface area contributed by atoms with Crippen LogP contribution in [0.1, 0.15) is 43.5 Å². The summed E-state index contributed by atoms with van der Waals surface area (Å²) in [7, 11) is 0. The highest BCUT2D eigenvalue weighted by Crippen LogP contribution is 2.32. The van der Waals surface area contributed by atoms with E-state index in [2.05, 4.69) is 15.5 Å². The molecular weight excluding hydrogens is 291 g/mol. The van der Waals surface area contributed by atoms with Crippen LogP contribution >= 0.6 is 11.3 Å². The third-order valence-corrected chi connectivity index (χ3v) is 4.13. The Bertz CT molecular complexity index is 403. The number of aromatic nitrogens is 2. The molecule has 1 saturated carbocycles. The second-order valence-electron chi connectivity index (χ2n) is 4.82. The number of hydrogen-bond donors (Lipinski definition) is 1. The van der Waals surface area contributed by atoms with Crippen molar-refractivity contribution < 1.29 is 17.9 Å². The summed E-state index contributed by atoms with van der Waals surface area (Å²) in [5, 5.41) is 8.64. The summed E-state index contributed by atoms with van der Waals surface area (Å²) in [6, 6.07) is 0. The van der Waals surface area contributed by atoms with Gasteiger partial charge in [-0.25, -0.2) is 0 Å². The lowest BCUT2D eigenvalue weighted by Gasteiger charge is -2.15. The SMILES string of the molecule is FC(F)(F)c1nnc(NCCOC2CCCCCC2)s1. The lowest BCUT2D eigenvalue weighted by atomic mass is 10.1. The van der Waals surface area contributed by atoms with Crippen molar-refractivity contribution in [3.05, 3.63) is 5.01 Å². The van der Waals surface area contributed by atoms with E-state index >= 15 is 0 Å². The van der Waals surface area contributed by atoms with Gasteiger partial charge in [0, 0.05) is 6.54 Å². The summed E-state index contributed by atoms with van der Waals surface area (Å²) in [6.45, 7) is 0.925. The molecule has 0 aromatic carbocycles. The Morgan fingerprint density at radius 1 is 1.15 bits per heavy atom. The van der Waals surface area contributed by atoms with E-state index in [4.69, 9.17) is 4.74 Å². The molecule has 4 nitrogen and oxygen atoms in total. The Hall–Kier alpha value is -0.890. The molecule has 1 fully saturated rings. The largest absolute Gasteiger partial charge is 0.445 e. The van der Waals surface area contributed by atoms with Gasteiger partial charge in [0.25, 0.3) is 0 Å². The summed E-state index contributed by atoms with van der Waals surface area (Å²) in [6.07, 6.45) is 2.96. The van der Waals surface area contributed by atoms with Crippen LogP contribution in [0.25, 0.3) is 0 Å². The molecule has 0 aliphatic heterocycles. The van der Waals surface area contributed by atoms with Gasteiger partial charge in [0.05, 0.1) is 12.7 Å². The second kappa shape index (κ2) is 7.21. The molecule has 1 N–H and O–H groups in total. The Morgan fingerprint density at radius 2 is 1.85 bits per heavy atom. The Balaban J connectivity index is 1.66. The van der Waals surface area contributed by atoms with E-state index in [9.17, 15) is 13.2 Å². The van der Waals surface area contributed by atoms with Gasteiger partial charge in [0.1, 0.15) is 0 Å². The fourth-order valence-electron chi connectivity index (χ4n) is 2.20. The number of hydrogen-bond acceptors (Lipinski definition) is 5. The van der Waals surface area contributed by atoms with Crippen LogP contribution in [0, 0.1) is 0 Å². The summed E-state index contributed by atoms with van der Waals surface area (Å²) >= 11 is 0.515. The lowest BCUT2D eigenvalue weighted by Crippen LogP contribution is -2.17. The van der Waals surface area contributed by atoms with Gasteiger partial charge in [0.15, 0.2) is 0 Å². The molecule has 1 aromatic rings. The average molecular weight is 309 g/mol. The van der Waals surface area contributed by atoms with Crippen LogP contribution in [-0.2, 0) is 10.9 Å². The van der Waals surface area contributed by atoms with Gasteiger partial charge < -0.3 is 10.1 Å². The first-order valence-corrected chi connectivity index (χ1v) is 7.63. The van der Waals surface area contributed by atoms with E-state index in [1.54, 1.807) is 0 Å². The second-order valence-corrected chi connectivity index (χ2v) is 5.80. The molecule has 1 aliphatic rings. The molecule has 8 heteroatoms. The van der Waals surface area contributed by atoms with Crippen molar-refractivity contribution in [3.8, 4) is 0 Å². The molecule has 114 valence electrons. The number of nitrogens with zero attached hydrogens (tertiary/aromatic N) is 2. The minimum absolute atomic E-state index is 0.182. The zero-order chi connectivity index (χ0) is 14.4. The molecule has 0 radical (unpaired) electrons. The molecule has 1 heterocycles. The van der Waals surface area contributed by atoms with E-state index in [0.717, 1.165) is 12.8 Å². The van der Waals surface area contributed by atoms with Crippen LogP contribution in [0.5, 0.6) is 0 Å². The van der Waals surface area contributed by atoms with Gasteiger partial charge in [0.2, 0.25) is 10.1 Å². The smallest absolute Gasteiger partial charge is 0.376 e.